The summed E-state index contributed by atoms with van der Waals surface area (Å²) >= 11 is 0. The highest BCUT2D eigenvalue weighted by Gasteiger charge is 2.51. The first kappa shape index (κ1) is 17.2. The van der Waals surface area contributed by atoms with E-state index >= 15 is 0 Å². The van der Waals surface area contributed by atoms with Crippen molar-refractivity contribution in [3.8, 4) is 0 Å². The molecule has 0 aromatic heterocycles. The minimum Gasteiger partial charge on any atom is -0.352 e. The summed E-state index contributed by atoms with van der Waals surface area (Å²) in [6, 6.07) is -0.458. The highest BCUT2D eigenvalue weighted by atomic mass is 16.2. The summed E-state index contributed by atoms with van der Waals surface area (Å²) < 4.78 is 0. The molecule has 5 heteroatoms. The van der Waals surface area contributed by atoms with Crippen LogP contribution in [0.3, 0.4) is 0 Å². The number of imide groups is 1. The average Bonchev–Trinajstić information content (AvgIpc) is 3.14. The van der Waals surface area contributed by atoms with Gasteiger partial charge >= 0.3 is 0 Å². The van der Waals surface area contributed by atoms with E-state index in [2.05, 4.69) is 5.32 Å². The van der Waals surface area contributed by atoms with Crippen LogP contribution < -0.4 is 5.32 Å². The molecule has 24 heavy (non-hydrogen) atoms. The van der Waals surface area contributed by atoms with Crippen molar-refractivity contribution in [2.75, 3.05) is 0 Å². The van der Waals surface area contributed by atoms with E-state index in [-0.39, 0.29) is 41.5 Å². The van der Waals surface area contributed by atoms with Crippen molar-refractivity contribution >= 4 is 17.7 Å². The van der Waals surface area contributed by atoms with E-state index < -0.39 is 6.04 Å². The summed E-state index contributed by atoms with van der Waals surface area (Å²) in [5.41, 5.74) is 0. The van der Waals surface area contributed by atoms with E-state index in [1.165, 1.54) is 4.90 Å². The molecule has 1 saturated carbocycles. The van der Waals surface area contributed by atoms with Gasteiger partial charge in [-0.05, 0) is 38.0 Å². The molecule has 1 N–H and O–H groups in total. The second-order valence-electron chi connectivity index (χ2n) is 7.84. The minimum absolute atomic E-state index is 0.149. The topological polar surface area (TPSA) is 66.5 Å². The van der Waals surface area contributed by atoms with Crippen LogP contribution in [0, 0.1) is 17.8 Å². The van der Waals surface area contributed by atoms with E-state index in [1.54, 1.807) is 0 Å². The van der Waals surface area contributed by atoms with Crippen LogP contribution in [-0.2, 0) is 14.4 Å². The number of nitrogens with one attached hydrogen (secondary N) is 1. The number of nitrogens with zero attached hydrogens (tertiary/aromatic N) is 1. The van der Waals surface area contributed by atoms with Gasteiger partial charge in [-0.2, -0.15) is 0 Å². The standard InChI is InChI=1S/C19H28N2O3/c1-12(2)11-16(17(22)20-13-7-3-4-8-13)21-18(23)14-9-5-6-10-15(14)19(21)24/h5-6,12-16H,3-4,7-11H2,1-2H3,(H,20,22). The summed E-state index contributed by atoms with van der Waals surface area (Å²) in [4.78, 5) is 39.8. The molecule has 1 aliphatic heterocycles. The number of likely N-dealkylation sites (tertiary alicyclic amines) is 1. The number of allylic oxidation sites excluding steroid dienone is 2. The summed E-state index contributed by atoms with van der Waals surface area (Å²) in [6.07, 6.45) is 9.98. The van der Waals surface area contributed by atoms with Crippen LogP contribution in [0.2, 0.25) is 0 Å². The molecular formula is C19H28N2O3. The van der Waals surface area contributed by atoms with E-state index in [1.807, 2.05) is 26.0 Å². The lowest BCUT2D eigenvalue weighted by Crippen LogP contribution is -2.52. The van der Waals surface area contributed by atoms with E-state index in [9.17, 15) is 14.4 Å². The van der Waals surface area contributed by atoms with Crippen molar-refractivity contribution in [1.82, 2.24) is 10.2 Å². The zero-order valence-corrected chi connectivity index (χ0v) is 14.7. The van der Waals surface area contributed by atoms with Crippen molar-refractivity contribution in [2.45, 2.75) is 70.9 Å². The molecule has 3 aliphatic rings. The summed E-state index contributed by atoms with van der Waals surface area (Å²) in [7, 11) is 0. The number of fused-ring (bicyclic) bond motifs is 1. The quantitative estimate of drug-likeness (QED) is 0.621. The fourth-order valence-electron chi connectivity index (χ4n) is 4.28. The maximum atomic E-state index is 12.8. The molecule has 2 aliphatic carbocycles. The van der Waals surface area contributed by atoms with Crippen molar-refractivity contribution < 1.29 is 14.4 Å². The first-order valence-electron chi connectivity index (χ1n) is 9.31. The molecule has 0 radical (unpaired) electrons. The van der Waals surface area contributed by atoms with Gasteiger partial charge in [-0.3, -0.25) is 19.3 Å². The van der Waals surface area contributed by atoms with E-state index in [4.69, 9.17) is 0 Å². The van der Waals surface area contributed by atoms with Crippen LogP contribution in [0.4, 0.5) is 0 Å². The Labute approximate surface area is 143 Å². The van der Waals surface area contributed by atoms with Crippen LogP contribution in [0.15, 0.2) is 12.2 Å². The van der Waals surface area contributed by atoms with Crippen molar-refractivity contribution in [1.29, 1.82) is 0 Å². The molecule has 2 fully saturated rings. The van der Waals surface area contributed by atoms with Gasteiger partial charge in [-0.15, -0.1) is 0 Å². The third kappa shape index (κ3) is 3.26. The number of hydrogen-bond donors (Lipinski definition) is 1. The first-order valence-corrected chi connectivity index (χ1v) is 9.31. The molecule has 3 rings (SSSR count). The summed E-state index contributed by atoms with van der Waals surface area (Å²) in [5.74, 6) is -0.745. The van der Waals surface area contributed by atoms with Crippen molar-refractivity contribution in [3.05, 3.63) is 12.2 Å². The molecule has 0 spiro atoms. The molecule has 132 valence electrons. The normalized spacial score (nSPS) is 28.5. The molecule has 3 atom stereocenters. The molecule has 3 amide bonds. The molecule has 1 saturated heterocycles. The third-order valence-electron chi connectivity index (χ3n) is 5.55. The van der Waals surface area contributed by atoms with Crippen LogP contribution in [0.1, 0.15) is 58.8 Å². The fourth-order valence-corrected chi connectivity index (χ4v) is 4.28. The minimum atomic E-state index is -0.656. The lowest BCUT2D eigenvalue weighted by Gasteiger charge is -2.28. The zero-order valence-electron chi connectivity index (χ0n) is 14.7. The van der Waals surface area contributed by atoms with Crippen molar-refractivity contribution in [2.24, 2.45) is 17.8 Å². The molecular weight excluding hydrogens is 304 g/mol. The predicted molar refractivity (Wildman–Crippen MR) is 90.8 cm³/mol. The Kier molecular flexibility index (Phi) is 5.07. The Morgan fingerprint density at radius 2 is 1.67 bits per heavy atom. The molecule has 3 unspecified atom stereocenters. The lowest BCUT2D eigenvalue weighted by atomic mass is 9.85. The zero-order chi connectivity index (χ0) is 17.3. The highest BCUT2D eigenvalue weighted by molar-refractivity contribution is 6.08. The Hall–Kier alpha value is -1.65. The summed E-state index contributed by atoms with van der Waals surface area (Å²) in [6.45, 7) is 4.05. The second kappa shape index (κ2) is 7.08. The Balaban J connectivity index is 1.78. The Morgan fingerprint density at radius 3 is 2.17 bits per heavy atom. The molecule has 1 heterocycles. The smallest absolute Gasteiger partial charge is 0.243 e. The lowest BCUT2D eigenvalue weighted by molar-refractivity contribution is -0.148. The van der Waals surface area contributed by atoms with E-state index in [0.29, 0.717) is 19.3 Å². The highest BCUT2D eigenvalue weighted by Crippen LogP contribution is 2.37. The van der Waals surface area contributed by atoms with Gasteiger partial charge in [0.05, 0.1) is 11.8 Å². The van der Waals surface area contributed by atoms with Gasteiger partial charge in [-0.1, -0.05) is 38.8 Å². The monoisotopic (exact) mass is 332 g/mol. The first-order chi connectivity index (χ1) is 11.5. The van der Waals surface area contributed by atoms with Gasteiger partial charge in [0, 0.05) is 6.04 Å². The maximum absolute atomic E-state index is 12.8. The van der Waals surface area contributed by atoms with Gasteiger partial charge in [0.2, 0.25) is 17.7 Å². The predicted octanol–water partition coefficient (Wildman–Crippen LogP) is 2.41. The number of rotatable bonds is 5. The SMILES string of the molecule is CC(C)CC(C(=O)NC1CCCC1)N1C(=O)C2CC=CCC2C1=O. The van der Waals surface area contributed by atoms with Crippen LogP contribution >= 0.6 is 0 Å². The van der Waals surface area contributed by atoms with Gasteiger partial charge in [0.15, 0.2) is 0 Å². The van der Waals surface area contributed by atoms with Gasteiger partial charge < -0.3 is 5.32 Å². The van der Waals surface area contributed by atoms with Gasteiger partial charge in [0.25, 0.3) is 0 Å². The van der Waals surface area contributed by atoms with E-state index in [0.717, 1.165) is 25.7 Å². The van der Waals surface area contributed by atoms with Crippen LogP contribution in [-0.4, -0.2) is 34.7 Å². The number of carbonyl (C=O) groups excluding carboxylic acids is 3. The maximum Gasteiger partial charge on any atom is 0.243 e. The Morgan fingerprint density at radius 1 is 1.12 bits per heavy atom. The van der Waals surface area contributed by atoms with Crippen LogP contribution in [0.25, 0.3) is 0 Å². The number of amides is 3. The van der Waals surface area contributed by atoms with Crippen molar-refractivity contribution in [3.63, 3.8) is 0 Å². The molecule has 0 aromatic rings. The summed E-state index contributed by atoms with van der Waals surface area (Å²) in [5, 5.41) is 3.08. The third-order valence-corrected chi connectivity index (χ3v) is 5.55. The Bertz CT molecular complexity index is 523. The average molecular weight is 332 g/mol. The molecule has 5 nitrogen and oxygen atoms in total. The van der Waals surface area contributed by atoms with Gasteiger partial charge in [0.1, 0.15) is 6.04 Å². The number of carbonyl (C=O) groups is 3. The fraction of sp³-hybridized carbons (Fsp3) is 0.737. The molecule has 0 bridgehead atoms. The van der Waals surface area contributed by atoms with Crippen LogP contribution in [0.5, 0.6) is 0 Å². The number of hydrogen-bond acceptors (Lipinski definition) is 3. The second-order valence-corrected chi connectivity index (χ2v) is 7.84. The molecule has 0 aromatic carbocycles. The van der Waals surface area contributed by atoms with Gasteiger partial charge in [-0.25, -0.2) is 0 Å². The largest absolute Gasteiger partial charge is 0.352 e.